The van der Waals surface area contributed by atoms with E-state index in [0.29, 0.717) is 11.7 Å². The van der Waals surface area contributed by atoms with E-state index < -0.39 is 0 Å². The van der Waals surface area contributed by atoms with Crippen LogP contribution >= 0.6 is 11.6 Å². The first-order valence-corrected chi connectivity index (χ1v) is 7.58. The standard InChI is InChI=1S/C17H20ClN3/c1-20-9-10-21(16-8-7-14(19)11-15(16)18)17(12-20)13-5-3-2-4-6-13/h2-8,11,17H,9-10,12,19H2,1H3. The topological polar surface area (TPSA) is 32.5 Å². The van der Waals surface area contributed by atoms with Crippen LogP contribution in [-0.2, 0) is 0 Å². The summed E-state index contributed by atoms with van der Waals surface area (Å²) < 4.78 is 0. The molecule has 21 heavy (non-hydrogen) atoms. The highest BCUT2D eigenvalue weighted by Gasteiger charge is 2.27. The number of benzene rings is 2. The fourth-order valence-corrected chi connectivity index (χ4v) is 3.22. The predicted octanol–water partition coefficient (Wildman–Crippen LogP) is 3.42. The van der Waals surface area contributed by atoms with Crippen LogP contribution in [0.5, 0.6) is 0 Å². The van der Waals surface area contributed by atoms with Crippen molar-refractivity contribution in [3.8, 4) is 0 Å². The second kappa shape index (κ2) is 5.96. The maximum absolute atomic E-state index is 6.42. The molecule has 4 heteroatoms. The minimum atomic E-state index is 0.311. The molecule has 0 radical (unpaired) electrons. The molecule has 1 atom stereocenters. The van der Waals surface area contributed by atoms with Crippen molar-refractivity contribution in [1.29, 1.82) is 0 Å². The molecule has 2 aromatic rings. The smallest absolute Gasteiger partial charge is 0.0670 e. The molecule has 1 heterocycles. The van der Waals surface area contributed by atoms with Gasteiger partial charge in [-0.25, -0.2) is 0 Å². The van der Waals surface area contributed by atoms with E-state index in [4.69, 9.17) is 17.3 Å². The number of nitrogens with two attached hydrogens (primary N) is 1. The van der Waals surface area contributed by atoms with Gasteiger partial charge in [0.1, 0.15) is 0 Å². The molecule has 0 spiro atoms. The molecule has 1 aliphatic heterocycles. The van der Waals surface area contributed by atoms with Gasteiger partial charge in [-0.2, -0.15) is 0 Å². The molecule has 3 rings (SSSR count). The Hall–Kier alpha value is -1.71. The van der Waals surface area contributed by atoms with E-state index in [0.717, 1.165) is 30.3 Å². The number of hydrogen-bond acceptors (Lipinski definition) is 3. The third-order valence-electron chi connectivity index (χ3n) is 4.05. The molecule has 0 bridgehead atoms. The van der Waals surface area contributed by atoms with Gasteiger partial charge in [-0.1, -0.05) is 41.9 Å². The number of piperazine rings is 1. The minimum absolute atomic E-state index is 0.311. The summed E-state index contributed by atoms with van der Waals surface area (Å²) in [7, 11) is 2.16. The minimum Gasteiger partial charge on any atom is -0.399 e. The monoisotopic (exact) mass is 301 g/mol. The second-order valence-electron chi connectivity index (χ2n) is 5.59. The molecular weight excluding hydrogens is 282 g/mol. The average Bonchev–Trinajstić information content (AvgIpc) is 2.49. The Bertz CT molecular complexity index is 615. The Morgan fingerprint density at radius 3 is 2.57 bits per heavy atom. The van der Waals surface area contributed by atoms with Crippen molar-refractivity contribution in [3.05, 3.63) is 59.1 Å². The lowest BCUT2D eigenvalue weighted by Gasteiger charge is -2.42. The highest BCUT2D eigenvalue weighted by molar-refractivity contribution is 6.33. The van der Waals surface area contributed by atoms with Gasteiger partial charge in [-0.3, -0.25) is 0 Å². The van der Waals surface area contributed by atoms with E-state index in [1.807, 2.05) is 18.2 Å². The second-order valence-corrected chi connectivity index (χ2v) is 6.00. The number of hydrogen-bond donors (Lipinski definition) is 1. The lowest BCUT2D eigenvalue weighted by molar-refractivity contribution is 0.269. The largest absolute Gasteiger partial charge is 0.399 e. The van der Waals surface area contributed by atoms with Gasteiger partial charge in [0.2, 0.25) is 0 Å². The van der Waals surface area contributed by atoms with Crippen LogP contribution in [0.15, 0.2) is 48.5 Å². The lowest BCUT2D eigenvalue weighted by Crippen LogP contribution is -2.47. The third kappa shape index (κ3) is 2.99. The Morgan fingerprint density at radius 2 is 1.86 bits per heavy atom. The summed E-state index contributed by atoms with van der Waals surface area (Å²) in [6.07, 6.45) is 0. The van der Waals surface area contributed by atoms with E-state index in [1.54, 1.807) is 0 Å². The van der Waals surface area contributed by atoms with Gasteiger partial charge in [0.05, 0.1) is 16.8 Å². The molecule has 2 N–H and O–H groups in total. The number of likely N-dealkylation sites (N-methyl/N-ethyl adjacent to an activating group) is 1. The first kappa shape index (κ1) is 14.2. The SMILES string of the molecule is CN1CCN(c2ccc(N)cc2Cl)C(c2ccccc2)C1. The van der Waals surface area contributed by atoms with Crippen molar-refractivity contribution in [2.75, 3.05) is 37.3 Å². The van der Waals surface area contributed by atoms with Crippen molar-refractivity contribution in [2.24, 2.45) is 0 Å². The van der Waals surface area contributed by atoms with Crippen LogP contribution in [0.4, 0.5) is 11.4 Å². The van der Waals surface area contributed by atoms with Gasteiger partial charge < -0.3 is 15.5 Å². The first-order chi connectivity index (χ1) is 10.1. The zero-order valence-electron chi connectivity index (χ0n) is 12.2. The van der Waals surface area contributed by atoms with Crippen molar-refractivity contribution < 1.29 is 0 Å². The van der Waals surface area contributed by atoms with Gasteiger partial charge in [-0.15, -0.1) is 0 Å². The highest BCUT2D eigenvalue weighted by Crippen LogP contribution is 2.35. The molecular formula is C17H20ClN3. The van der Waals surface area contributed by atoms with E-state index in [-0.39, 0.29) is 0 Å². The summed E-state index contributed by atoms with van der Waals surface area (Å²) in [6, 6.07) is 16.7. The zero-order valence-corrected chi connectivity index (χ0v) is 12.9. The molecule has 0 aromatic heterocycles. The van der Waals surface area contributed by atoms with Gasteiger partial charge in [0.15, 0.2) is 0 Å². The fraction of sp³-hybridized carbons (Fsp3) is 0.294. The van der Waals surface area contributed by atoms with Gasteiger partial charge >= 0.3 is 0 Å². The molecule has 0 aliphatic carbocycles. The van der Waals surface area contributed by atoms with Crippen LogP contribution in [0, 0.1) is 0 Å². The quantitative estimate of drug-likeness (QED) is 0.863. The van der Waals surface area contributed by atoms with Crippen LogP contribution < -0.4 is 10.6 Å². The van der Waals surface area contributed by atoms with Crippen LogP contribution in [0.25, 0.3) is 0 Å². The summed E-state index contributed by atoms with van der Waals surface area (Å²) in [5.41, 5.74) is 8.90. The molecule has 2 aromatic carbocycles. The van der Waals surface area contributed by atoms with E-state index >= 15 is 0 Å². The fourth-order valence-electron chi connectivity index (χ4n) is 2.92. The number of rotatable bonds is 2. The Labute approximate surface area is 130 Å². The summed E-state index contributed by atoms with van der Waals surface area (Å²) in [5, 5.41) is 0.723. The summed E-state index contributed by atoms with van der Waals surface area (Å²) in [5.74, 6) is 0. The Kier molecular flexibility index (Phi) is 4.04. The summed E-state index contributed by atoms with van der Waals surface area (Å²) >= 11 is 6.42. The molecule has 0 saturated carbocycles. The molecule has 3 nitrogen and oxygen atoms in total. The maximum atomic E-state index is 6.42. The third-order valence-corrected chi connectivity index (χ3v) is 4.35. The molecule has 110 valence electrons. The number of nitrogen functional groups attached to an aromatic ring is 1. The van der Waals surface area contributed by atoms with Crippen molar-refractivity contribution in [2.45, 2.75) is 6.04 Å². The Balaban J connectivity index is 1.98. The lowest BCUT2D eigenvalue weighted by atomic mass is 10.0. The van der Waals surface area contributed by atoms with Crippen molar-refractivity contribution >= 4 is 23.0 Å². The van der Waals surface area contributed by atoms with E-state index in [1.165, 1.54) is 5.56 Å². The molecule has 0 amide bonds. The average molecular weight is 302 g/mol. The molecule has 1 fully saturated rings. The normalized spacial score (nSPS) is 19.7. The van der Waals surface area contributed by atoms with E-state index in [2.05, 4.69) is 47.2 Å². The maximum Gasteiger partial charge on any atom is 0.0670 e. The summed E-state index contributed by atoms with van der Waals surface area (Å²) in [4.78, 5) is 4.75. The predicted molar refractivity (Wildman–Crippen MR) is 89.9 cm³/mol. The van der Waals surface area contributed by atoms with Gasteiger partial charge in [0.25, 0.3) is 0 Å². The Morgan fingerprint density at radius 1 is 1.10 bits per heavy atom. The van der Waals surface area contributed by atoms with E-state index in [9.17, 15) is 0 Å². The zero-order chi connectivity index (χ0) is 14.8. The van der Waals surface area contributed by atoms with Crippen LogP contribution in [0.2, 0.25) is 5.02 Å². The molecule has 1 aliphatic rings. The van der Waals surface area contributed by atoms with Crippen molar-refractivity contribution in [1.82, 2.24) is 4.90 Å². The van der Waals surface area contributed by atoms with Crippen LogP contribution in [-0.4, -0.2) is 31.6 Å². The van der Waals surface area contributed by atoms with Crippen LogP contribution in [0.3, 0.4) is 0 Å². The molecule has 1 unspecified atom stereocenters. The van der Waals surface area contributed by atoms with Gasteiger partial charge in [-0.05, 0) is 30.8 Å². The van der Waals surface area contributed by atoms with Gasteiger partial charge in [0, 0.05) is 25.3 Å². The van der Waals surface area contributed by atoms with Crippen molar-refractivity contribution in [3.63, 3.8) is 0 Å². The van der Waals surface area contributed by atoms with Crippen LogP contribution in [0.1, 0.15) is 11.6 Å². The number of nitrogens with zero attached hydrogens (tertiary/aromatic N) is 2. The summed E-state index contributed by atoms with van der Waals surface area (Å²) in [6.45, 7) is 2.98. The number of anilines is 2. The highest BCUT2D eigenvalue weighted by atomic mass is 35.5. The first-order valence-electron chi connectivity index (χ1n) is 7.20. The number of halogens is 1. The molecule has 1 saturated heterocycles.